The first-order valence-corrected chi connectivity index (χ1v) is 9.26. The van der Waals surface area contributed by atoms with Gasteiger partial charge in [0.2, 0.25) is 0 Å². The SMILES string of the molecule is C/C=C\C1=C(C)C(c2ccccc2)(c2ccccc2)c2cc(C)ccc21. The highest BCUT2D eigenvalue weighted by atomic mass is 14.5. The van der Waals surface area contributed by atoms with Crippen LogP contribution in [0.25, 0.3) is 5.57 Å². The Labute approximate surface area is 156 Å². The van der Waals surface area contributed by atoms with E-state index < -0.39 is 0 Å². The first kappa shape index (κ1) is 16.6. The van der Waals surface area contributed by atoms with Crippen LogP contribution in [0.15, 0.2) is 96.6 Å². The van der Waals surface area contributed by atoms with E-state index in [1.54, 1.807) is 0 Å². The Bertz CT molecular complexity index is 949. The zero-order chi connectivity index (χ0) is 18.1. The normalized spacial score (nSPS) is 15.5. The fraction of sp³-hybridized carbons (Fsp3) is 0.154. The molecule has 3 aromatic carbocycles. The minimum atomic E-state index is -0.237. The molecule has 0 fully saturated rings. The molecule has 0 atom stereocenters. The number of hydrogen-bond acceptors (Lipinski definition) is 0. The van der Waals surface area contributed by atoms with Gasteiger partial charge in [0, 0.05) is 0 Å². The maximum absolute atomic E-state index is 2.37. The van der Waals surface area contributed by atoms with Crippen LogP contribution >= 0.6 is 0 Å². The minimum Gasteiger partial charge on any atom is -0.0870 e. The molecular weight excluding hydrogens is 312 g/mol. The number of fused-ring (bicyclic) bond motifs is 1. The number of hydrogen-bond donors (Lipinski definition) is 0. The predicted molar refractivity (Wildman–Crippen MR) is 111 cm³/mol. The molecule has 26 heavy (non-hydrogen) atoms. The van der Waals surface area contributed by atoms with Crippen molar-refractivity contribution in [3.63, 3.8) is 0 Å². The van der Waals surface area contributed by atoms with Crippen LogP contribution in [0.4, 0.5) is 0 Å². The van der Waals surface area contributed by atoms with E-state index in [-0.39, 0.29) is 5.41 Å². The molecule has 0 N–H and O–H groups in total. The minimum absolute atomic E-state index is 0.237. The average Bonchev–Trinajstić information content (AvgIpc) is 2.92. The first-order chi connectivity index (χ1) is 12.7. The molecule has 0 bridgehead atoms. The molecular formula is C26H24. The van der Waals surface area contributed by atoms with Gasteiger partial charge in [0.05, 0.1) is 5.41 Å². The number of benzene rings is 3. The summed E-state index contributed by atoms with van der Waals surface area (Å²) in [4.78, 5) is 0. The second-order valence-corrected chi connectivity index (χ2v) is 7.07. The molecule has 0 aliphatic heterocycles. The Kier molecular flexibility index (Phi) is 4.12. The van der Waals surface area contributed by atoms with Gasteiger partial charge in [0.15, 0.2) is 0 Å². The molecule has 3 aromatic rings. The standard InChI is InChI=1S/C26H24/c1-4-11-23-20(3)26(21-12-7-5-8-13-21,22-14-9-6-10-15-22)25-18-19(2)16-17-24(23)25/h4-18H,1-3H3/b11-4-. The van der Waals surface area contributed by atoms with Crippen molar-refractivity contribution in [1.82, 2.24) is 0 Å². The van der Waals surface area contributed by atoms with Gasteiger partial charge in [0.25, 0.3) is 0 Å². The molecule has 1 aliphatic rings. The molecule has 0 saturated heterocycles. The molecule has 0 unspecified atom stereocenters. The van der Waals surface area contributed by atoms with E-state index in [1.807, 2.05) is 0 Å². The lowest BCUT2D eigenvalue weighted by atomic mass is 9.67. The molecule has 0 heteroatoms. The summed E-state index contributed by atoms with van der Waals surface area (Å²) < 4.78 is 0. The van der Waals surface area contributed by atoms with Crippen molar-refractivity contribution >= 4 is 5.57 Å². The molecule has 0 amide bonds. The third-order valence-corrected chi connectivity index (χ3v) is 5.58. The largest absolute Gasteiger partial charge is 0.0870 e. The van der Waals surface area contributed by atoms with E-state index in [9.17, 15) is 0 Å². The van der Waals surface area contributed by atoms with Gasteiger partial charge in [-0.3, -0.25) is 0 Å². The van der Waals surface area contributed by atoms with Crippen LogP contribution in [-0.4, -0.2) is 0 Å². The van der Waals surface area contributed by atoms with Gasteiger partial charge in [-0.2, -0.15) is 0 Å². The summed E-state index contributed by atoms with van der Waals surface area (Å²) in [5, 5.41) is 0. The third kappa shape index (κ3) is 2.29. The van der Waals surface area contributed by atoms with Gasteiger partial charge < -0.3 is 0 Å². The van der Waals surface area contributed by atoms with E-state index in [2.05, 4.69) is 112 Å². The van der Waals surface area contributed by atoms with Crippen molar-refractivity contribution in [3.05, 3.63) is 124 Å². The van der Waals surface area contributed by atoms with Crippen molar-refractivity contribution in [2.45, 2.75) is 26.2 Å². The van der Waals surface area contributed by atoms with Gasteiger partial charge in [-0.15, -0.1) is 0 Å². The number of aryl methyl sites for hydroxylation is 1. The summed E-state index contributed by atoms with van der Waals surface area (Å²) in [5.41, 5.74) is 9.20. The van der Waals surface area contributed by atoms with Crippen molar-refractivity contribution in [1.29, 1.82) is 0 Å². The van der Waals surface area contributed by atoms with Crippen LogP contribution in [-0.2, 0) is 5.41 Å². The quantitative estimate of drug-likeness (QED) is 0.499. The van der Waals surface area contributed by atoms with E-state index in [0.29, 0.717) is 0 Å². The zero-order valence-electron chi connectivity index (χ0n) is 15.7. The van der Waals surface area contributed by atoms with E-state index in [1.165, 1.54) is 39.0 Å². The monoisotopic (exact) mass is 336 g/mol. The Morgan fingerprint density at radius 2 is 1.31 bits per heavy atom. The van der Waals surface area contributed by atoms with Crippen molar-refractivity contribution in [2.24, 2.45) is 0 Å². The molecule has 0 spiro atoms. The van der Waals surface area contributed by atoms with Crippen molar-refractivity contribution in [3.8, 4) is 0 Å². The van der Waals surface area contributed by atoms with E-state index >= 15 is 0 Å². The lowest BCUT2D eigenvalue weighted by Gasteiger charge is -2.34. The van der Waals surface area contributed by atoms with Crippen LogP contribution in [0.3, 0.4) is 0 Å². The van der Waals surface area contributed by atoms with Crippen molar-refractivity contribution in [2.75, 3.05) is 0 Å². The number of rotatable bonds is 3. The van der Waals surface area contributed by atoms with Gasteiger partial charge >= 0.3 is 0 Å². The van der Waals surface area contributed by atoms with Crippen molar-refractivity contribution < 1.29 is 0 Å². The Morgan fingerprint density at radius 3 is 1.85 bits per heavy atom. The second-order valence-electron chi connectivity index (χ2n) is 7.07. The first-order valence-electron chi connectivity index (χ1n) is 9.26. The van der Waals surface area contributed by atoms with Crippen LogP contribution in [0.5, 0.6) is 0 Å². The Morgan fingerprint density at radius 1 is 0.731 bits per heavy atom. The molecule has 0 aromatic heterocycles. The Hall–Kier alpha value is -2.86. The maximum atomic E-state index is 2.37. The summed E-state index contributed by atoms with van der Waals surface area (Å²) in [5.74, 6) is 0. The van der Waals surface area contributed by atoms with Crippen LogP contribution in [0.2, 0.25) is 0 Å². The molecule has 0 heterocycles. The lowest BCUT2D eigenvalue weighted by Crippen LogP contribution is -2.29. The lowest BCUT2D eigenvalue weighted by molar-refractivity contribution is 0.742. The zero-order valence-corrected chi connectivity index (χ0v) is 15.7. The Balaban J connectivity index is 2.17. The van der Waals surface area contributed by atoms with Gasteiger partial charge in [-0.25, -0.2) is 0 Å². The highest BCUT2D eigenvalue weighted by Gasteiger charge is 2.45. The fourth-order valence-corrected chi connectivity index (χ4v) is 4.48. The van der Waals surface area contributed by atoms with E-state index in [4.69, 9.17) is 0 Å². The average molecular weight is 336 g/mol. The topological polar surface area (TPSA) is 0 Å². The van der Waals surface area contributed by atoms with E-state index in [0.717, 1.165) is 0 Å². The smallest absolute Gasteiger partial charge is 0.0673 e. The van der Waals surface area contributed by atoms with Gasteiger partial charge in [-0.1, -0.05) is 96.6 Å². The maximum Gasteiger partial charge on any atom is 0.0673 e. The van der Waals surface area contributed by atoms with Crippen LogP contribution < -0.4 is 0 Å². The summed E-state index contributed by atoms with van der Waals surface area (Å²) in [6.07, 6.45) is 4.41. The second kappa shape index (κ2) is 6.46. The van der Waals surface area contributed by atoms with Crippen LogP contribution in [0, 0.1) is 6.92 Å². The summed E-state index contributed by atoms with van der Waals surface area (Å²) in [6, 6.07) is 28.7. The third-order valence-electron chi connectivity index (χ3n) is 5.58. The number of allylic oxidation sites excluding steroid dienone is 4. The van der Waals surface area contributed by atoms with Gasteiger partial charge in [-0.05, 0) is 54.2 Å². The molecule has 0 radical (unpaired) electrons. The molecule has 0 nitrogen and oxygen atoms in total. The molecule has 0 saturated carbocycles. The van der Waals surface area contributed by atoms with Gasteiger partial charge in [0.1, 0.15) is 0 Å². The predicted octanol–water partition coefficient (Wildman–Crippen LogP) is 6.69. The summed E-state index contributed by atoms with van der Waals surface area (Å²) in [6.45, 7) is 6.58. The molecule has 128 valence electrons. The highest BCUT2D eigenvalue weighted by molar-refractivity contribution is 5.89. The fourth-order valence-electron chi connectivity index (χ4n) is 4.48. The van der Waals surface area contributed by atoms with Crippen LogP contribution in [0.1, 0.15) is 41.7 Å². The molecule has 1 aliphatic carbocycles. The highest BCUT2D eigenvalue weighted by Crippen LogP contribution is 2.54. The summed E-state index contributed by atoms with van der Waals surface area (Å²) >= 11 is 0. The molecule has 4 rings (SSSR count). The summed E-state index contributed by atoms with van der Waals surface area (Å²) in [7, 11) is 0.